The highest BCUT2D eigenvalue weighted by atomic mass is 16.3. The molecule has 1 atom stereocenters. The highest BCUT2D eigenvalue weighted by Gasteiger charge is 2.16. The molecule has 0 aromatic rings. The van der Waals surface area contributed by atoms with Crippen LogP contribution in [0.15, 0.2) is 0 Å². The molecule has 1 saturated carbocycles. The number of hydrogen-bond acceptors (Lipinski definition) is 3. The molecular formula is C8H17NO2. The first kappa shape index (κ1) is 8.97. The van der Waals surface area contributed by atoms with Gasteiger partial charge in [-0.3, -0.25) is 0 Å². The molecule has 3 nitrogen and oxygen atoms in total. The minimum Gasteiger partial charge on any atom is -0.394 e. The molecule has 3 heteroatoms. The highest BCUT2D eigenvalue weighted by molar-refractivity contribution is 4.72. The Balaban J connectivity index is 1.86. The van der Waals surface area contributed by atoms with Gasteiger partial charge in [0.1, 0.15) is 0 Å². The van der Waals surface area contributed by atoms with Crippen LogP contribution in [-0.2, 0) is 0 Å². The molecule has 0 aromatic heterocycles. The van der Waals surface area contributed by atoms with E-state index in [-0.39, 0.29) is 6.61 Å². The van der Waals surface area contributed by atoms with Crippen LogP contribution in [0.25, 0.3) is 0 Å². The second kappa shape index (κ2) is 4.70. The smallest absolute Gasteiger partial charge is 0.0894 e. The third-order valence-corrected chi connectivity index (χ3v) is 2.25. The molecule has 0 bridgehead atoms. The van der Waals surface area contributed by atoms with Crippen molar-refractivity contribution in [1.29, 1.82) is 0 Å². The molecule has 1 fully saturated rings. The van der Waals surface area contributed by atoms with Gasteiger partial charge in [-0.2, -0.15) is 0 Å². The Morgan fingerprint density at radius 1 is 1.45 bits per heavy atom. The van der Waals surface area contributed by atoms with Crippen LogP contribution in [0.4, 0.5) is 0 Å². The van der Waals surface area contributed by atoms with Gasteiger partial charge in [0.15, 0.2) is 0 Å². The van der Waals surface area contributed by atoms with Crippen molar-refractivity contribution in [1.82, 2.24) is 5.32 Å². The van der Waals surface area contributed by atoms with Gasteiger partial charge < -0.3 is 15.5 Å². The van der Waals surface area contributed by atoms with Gasteiger partial charge in [0.2, 0.25) is 0 Å². The molecule has 1 rings (SSSR count). The van der Waals surface area contributed by atoms with Gasteiger partial charge >= 0.3 is 0 Å². The Morgan fingerprint density at radius 3 is 2.64 bits per heavy atom. The Labute approximate surface area is 67.4 Å². The number of nitrogens with one attached hydrogen (secondary N) is 1. The molecule has 1 aliphatic carbocycles. The summed E-state index contributed by atoms with van der Waals surface area (Å²) in [6.45, 7) is 1.38. The van der Waals surface area contributed by atoms with Crippen molar-refractivity contribution in [2.24, 2.45) is 5.92 Å². The Morgan fingerprint density at radius 2 is 2.18 bits per heavy atom. The van der Waals surface area contributed by atoms with E-state index in [4.69, 9.17) is 10.2 Å². The lowest BCUT2D eigenvalue weighted by Crippen LogP contribution is -2.34. The largest absolute Gasteiger partial charge is 0.394 e. The molecule has 0 spiro atoms. The van der Waals surface area contributed by atoms with Crippen LogP contribution in [-0.4, -0.2) is 36.0 Å². The van der Waals surface area contributed by atoms with E-state index >= 15 is 0 Å². The van der Waals surface area contributed by atoms with E-state index in [9.17, 15) is 0 Å². The van der Waals surface area contributed by atoms with Crippen LogP contribution in [0.5, 0.6) is 0 Å². The summed E-state index contributed by atoms with van der Waals surface area (Å²) in [6, 6.07) is 0. The summed E-state index contributed by atoms with van der Waals surface area (Å²) in [4.78, 5) is 0. The highest BCUT2D eigenvalue weighted by Crippen LogP contribution is 2.24. The van der Waals surface area contributed by atoms with Crippen molar-refractivity contribution in [2.75, 3.05) is 19.7 Å². The van der Waals surface area contributed by atoms with E-state index in [0.717, 1.165) is 12.5 Å². The fraction of sp³-hybridized carbons (Fsp3) is 1.00. The van der Waals surface area contributed by atoms with Crippen LogP contribution < -0.4 is 5.32 Å². The second-order valence-corrected chi connectivity index (χ2v) is 3.29. The molecule has 1 unspecified atom stereocenters. The summed E-state index contributed by atoms with van der Waals surface area (Å²) in [7, 11) is 0. The van der Waals surface area contributed by atoms with Crippen molar-refractivity contribution >= 4 is 0 Å². The summed E-state index contributed by atoms with van der Waals surface area (Å²) in [5, 5.41) is 20.6. The molecule has 3 N–H and O–H groups in total. The topological polar surface area (TPSA) is 52.5 Å². The normalized spacial score (nSPS) is 21.3. The monoisotopic (exact) mass is 159 g/mol. The summed E-state index contributed by atoms with van der Waals surface area (Å²) in [5.74, 6) is 0.820. The van der Waals surface area contributed by atoms with Crippen molar-refractivity contribution in [3.05, 3.63) is 0 Å². The van der Waals surface area contributed by atoms with E-state index in [2.05, 4.69) is 5.32 Å². The van der Waals surface area contributed by atoms with E-state index in [1.165, 1.54) is 19.3 Å². The molecule has 11 heavy (non-hydrogen) atoms. The van der Waals surface area contributed by atoms with E-state index in [1.54, 1.807) is 0 Å². The van der Waals surface area contributed by atoms with Crippen LogP contribution in [0.3, 0.4) is 0 Å². The predicted molar refractivity (Wildman–Crippen MR) is 43.3 cm³/mol. The second-order valence-electron chi connectivity index (χ2n) is 3.29. The van der Waals surface area contributed by atoms with E-state index < -0.39 is 6.10 Å². The first-order chi connectivity index (χ1) is 5.33. The van der Waals surface area contributed by atoms with Crippen LogP contribution in [0.1, 0.15) is 19.3 Å². The lowest BCUT2D eigenvalue weighted by Gasteiger charge is -2.25. The van der Waals surface area contributed by atoms with Crippen molar-refractivity contribution in [2.45, 2.75) is 25.4 Å². The zero-order chi connectivity index (χ0) is 8.10. The maximum atomic E-state index is 8.95. The molecule has 0 saturated heterocycles. The van der Waals surface area contributed by atoms with Gasteiger partial charge in [-0.05, 0) is 25.3 Å². The Bertz CT molecular complexity index is 99.5. The fourth-order valence-electron chi connectivity index (χ4n) is 1.22. The van der Waals surface area contributed by atoms with E-state index in [0.29, 0.717) is 6.54 Å². The minimum atomic E-state index is -0.588. The third kappa shape index (κ3) is 3.18. The standard InChI is InChI=1S/C8H17NO2/c10-6-8(11)5-9-4-7-2-1-3-7/h7-11H,1-6H2. The SMILES string of the molecule is OCC(O)CNCC1CCC1. The molecule has 0 heterocycles. The summed E-state index contributed by atoms with van der Waals surface area (Å²) >= 11 is 0. The Kier molecular flexibility index (Phi) is 3.83. The van der Waals surface area contributed by atoms with Crippen molar-refractivity contribution in [3.63, 3.8) is 0 Å². The maximum absolute atomic E-state index is 8.95. The third-order valence-electron chi connectivity index (χ3n) is 2.25. The quantitative estimate of drug-likeness (QED) is 0.517. The van der Waals surface area contributed by atoms with Gasteiger partial charge in [-0.15, -0.1) is 0 Å². The molecule has 0 amide bonds. The van der Waals surface area contributed by atoms with Gasteiger partial charge in [-0.25, -0.2) is 0 Å². The molecule has 66 valence electrons. The van der Waals surface area contributed by atoms with Crippen molar-refractivity contribution < 1.29 is 10.2 Å². The number of hydrogen-bond donors (Lipinski definition) is 3. The van der Waals surface area contributed by atoms with E-state index in [1.807, 2.05) is 0 Å². The first-order valence-electron chi connectivity index (χ1n) is 4.32. The van der Waals surface area contributed by atoms with Gasteiger partial charge in [-0.1, -0.05) is 6.42 Å². The average molecular weight is 159 g/mol. The van der Waals surface area contributed by atoms with Gasteiger partial charge in [0, 0.05) is 6.54 Å². The minimum absolute atomic E-state index is 0.141. The molecule has 0 aromatic carbocycles. The molecule has 1 aliphatic rings. The lowest BCUT2D eigenvalue weighted by molar-refractivity contribution is 0.0923. The number of rotatable bonds is 5. The number of aliphatic hydroxyl groups is 2. The fourth-order valence-corrected chi connectivity index (χ4v) is 1.22. The van der Waals surface area contributed by atoms with Crippen LogP contribution in [0.2, 0.25) is 0 Å². The zero-order valence-corrected chi connectivity index (χ0v) is 6.79. The van der Waals surface area contributed by atoms with Crippen LogP contribution >= 0.6 is 0 Å². The molecular weight excluding hydrogens is 142 g/mol. The van der Waals surface area contributed by atoms with Crippen LogP contribution in [0, 0.1) is 5.92 Å². The summed E-state index contributed by atoms with van der Waals surface area (Å²) < 4.78 is 0. The molecule has 0 aliphatic heterocycles. The predicted octanol–water partition coefficient (Wildman–Crippen LogP) is -0.271. The van der Waals surface area contributed by atoms with Crippen molar-refractivity contribution in [3.8, 4) is 0 Å². The first-order valence-corrected chi connectivity index (χ1v) is 4.32. The zero-order valence-electron chi connectivity index (χ0n) is 6.79. The summed E-state index contributed by atoms with van der Waals surface area (Å²) in [6.07, 6.45) is 3.41. The molecule has 0 radical (unpaired) electrons. The van der Waals surface area contributed by atoms with Gasteiger partial charge in [0.25, 0.3) is 0 Å². The Hall–Kier alpha value is -0.120. The maximum Gasteiger partial charge on any atom is 0.0894 e. The lowest BCUT2D eigenvalue weighted by atomic mass is 9.85. The summed E-state index contributed by atoms with van der Waals surface area (Å²) in [5.41, 5.74) is 0. The number of aliphatic hydroxyl groups excluding tert-OH is 2. The van der Waals surface area contributed by atoms with Gasteiger partial charge in [0.05, 0.1) is 12.7 Å². The average Bonchev–Trinajstić information content (AvgIpc) is 1.94.